The third kappa shape index (κ3) is 5.09. The van der Waals surface area contributed by atoms with Gasteiger partial charge in [0.1, 0.15) is 4.21 Å². The molecule has 0 spiro atoms. The first-order valence-electron chi connectivity index (χ1n) is 6.42. The summed E-state index contributed by atoms with van der Waals surface area (Å²) in [5.41, 5.74) is 0. The van der Waals surface area contributed by atoms with Crippen molar-refractivity contribution in [3.63, 3.8) is 0 Å². The van der Waals surface area contributed by atoms with Gasteiger partial charge in [0, 0.05) is 22.8 Å². The largest absolute Gasteiger partial charge is 0.315 e. The van der Waals surface area contributed by atoms with Gasteiger partial charge in [-0.25, -0.2) is 13.1 Å². The minimum atomic E-state index is -3.44. The lowest BCUT2D eigenvalue weighted by molar-refractivity contribution is 0.577. The molecule has 2 N–H and O–H groups in total. The lowest BCUT2D eigenvalue weighted by atomic mass is 10.3. The van der Waals surface area contributed by atoms with E-state index in [0.717, 1.165) is 23.1 Å². The first kappa shape index (κ1) is 18.7. The van der Waals surface area contributed by atoms with E-state index < -0.39 is 10.0 Å². The molecule has 8 heteroatoms. The predicted octanol–water partition coefficient (Wildman–Crippen LogP) is 3.25. The number of hydrogen-bond donors (Lipinski definition) is 2. The van der Waals surface area contributed by atoms with Crippen molar-refractivity contribution in [1.82, 2.24) is 10.0 Å². The van der Waals surface area contributed by atoms with Crippen LogP contribution in [0.25, 0.3) is 10.1 Å². The third-order valence-electron chi connectivity index (χ3n) is 2.74. The van der Waals surface area contributed by atoms with Gasteiger partial charge < -0.3 is 5.32 Å². The summed E-state index contributed by atoms with van der Waals surface area (Å²) >= 11 is 7.16. The van der Waals surface area contributed by atoms with Gasteiger partial charge in [-0.1, -0.05) is 18.5 Å². The molecule has 118 valence electrons. The molecular weight excluding hydrogens is 351 g/mol. The lowest BCUT2D eigenvalue weighted by Crippen LogP contribution is -2.31. The molecule has 0 atom stereocenters. The summed E-state index contributed by atoms with van der Waals surface area (Å²) < 4.78 is 28.2. The van der Waals surface area contributed by atoms with Crippen LogP contribution >= 0.6 is 35.3 Å². The van der Waals surface area contributed by atoms with Crippen LogP contribution < -0.4 is 10.0 Å². The minimum absolute atomic E-state index is 0. The topological polar surface area (TPSA) is 58.2 Å². The molecule has 0 fully saturated rings. The Balaban J connectivity index is 0.00000220. The maximum absolute atomic E-state index is 12.2. The fraction of sp³-hybridized carbons (Fsp3) is 0.385. The van der Waals surface area contributed by atoms with E-state index in [1.54, 1.807) is 18.2 Å². The van der Waals surface area contributed by atoms with Crippen LogP contribution in [0.3, 0.4) is 0 Å². The molecule has 1 aromatic heterocycles. The highest BCUT2D eigenvalue weighted by atomic mass is 35.5. The molecule has 21 heavy (non-hydrogen) atoms. The van der Waals surface area contributed by atoms with Crippen molar-refractivity contribution in [3.05, 3.63) is 29.3 Å². The first-order chi connectivity index (χ1) is 9.53. The van der Waals surface area contributed by atoms with Crippen LogP contribution in [0.2, 0.25) is 5.02 Å². The second-order valence-corrected chi connectivity index (χ2v) is 7.91. The van der Waals surface area contributed by atoms with Crippen molar-refractivity contribution < 1.29 is 8.42 Å². The van der Waals surface area contributed by atoms with Crippen molar-refractivity contribution in [1.29, 1.82) is 0 Å². The van der Waals surface area contributed by atoms with Gasteiger partial charge in [-0.15, -0.1) is 23.7 Å². The van der Waals surface area contributed by atoms with Crippen LogP contribution in [0.4, 0.5) is 0 Å². The molecular formula is C13H18Cl2N2O2S2. The number of thiophene rings is 1. The zero-order valence-electron chi connectivity index (χ0n) is 11.6. The van der Waals surface area contributed by atoms with Crippen molar-refractivity contribution in [2.24, 2.45) is 0 Å². The molecule has 0 unspecified atom stereocenters. The zero-order valence-corrected chi connectivity index (χ0v) is 14.8. The van der Waals surface area contributed by atoms with Gasteiger partial charge in [0.05, 0.1) is 0 Å². The Kier molecular flexibility index (Phi) is 7.39. The first-order valence-corrected chi connectivity index (χ1v) is 9.10. The Labute approximate surface area is 140 Å². The molecule has 1 aromatic carbocycles. The van der Waals surface area contributed by atoms with Crippen LogP contribution in [-0.4, -0.2) is 28.1 Å². The average Bonchev–Trinajstić information content (AvgIpc) is 2.82. The van der Waals surface area contributed by atoms with Crippen molar-refractivity contribution in [2.75, 3.05) is 19.6 Å². The monoisotopic (exact) mass is 368 g/mol. The van der Waals surface area contributed by atoms with Gasteiger partial charge in [-0.05, 0) is 42.6 Å². The molecule has 2 rings (SSSR count). The van der Waals surface area contributed by atoms with Crippen molar-refractivity contribution in [2.45, 2.75) is 17.6 Å². The number of sulfonamides is 1. The summed E-state index contributed by atoms with van der Waals surface area (Å²) in [4.78, 5) is 0. The number of benzene rings is 1. The summed E-state index contributed by atoms with van der Waals surface area (Å²) in [7, 11) is -3.44. The van der Waals surface area contributed by atoms with E-state index >= 15 is 0 Å². The van der Waals surface area contributed by atoms with Gasteiger partial charge >= 0.3 is 0 Å². The Bertz CT molecular complexity index is 687. The van der Waals surface area contributed by atoms with Crippen LogP contribution in [-0.2, 0) is 10.0 Å². The summed E-state index contributed by atoms with van der Waals surface area (Å²) in [6.07, 6.45) is 1.03. The van der Waals surface area contributed by atoms with Gasteiger partial charge in [0.2, 0.25) is 10.0 Å². The highest BCUT2D eigenvalue weighted by Gasteiger charge is 2.16. The quantitative estimate of drug-likeness (QED) is 0.737. The second-order valence-electron chi connectivity index (χ2n) is 4.40. The SMILES string of the molecule is CCCNCCNS(=O)(=O)c1cc2cc(Cl)ccc2s1.Cl. The third-order valence-corrected chi connectivity index (χ3v) is 6.03. The standard InChI is InChI=1S/C13H17ClN2O2S2.ClH/c1-2-5-15-6-7-16-20(17,18)13-9-10-8-11(14)3-4-12(10)19-13;/h3-4,8-9,15-16H,2,5-7H2,1H3;1H. The zero-order chi connectivity index (χ0) is 14.6. The number of fused-ring (bicyclic) bond motifs is 1. The maximum atomic E-state index is 12.2. The maximum Gasteiger partial charge on any atom is 0.250 e. The van der Waals surface area contributed by atoms with Crippen LogP contribution in [0.1, 0.15) is 13.3 Å². The second kappa shape index (κ2) is 8.31. The molecule has 2 aromatic rings. The Hall–Kier alpha value is -0.370. The predicted molar refractivity (Wildman–Crippen MR) is 92.4 cm³/mol. The molecule has 0 saturated heterocycles. The Morgan fingerprint density at radius 2 is 1.95 bits per heavy atom. The highest BCUT2D eigenvalue weighted by Crippen LogP contribution is 2.30. The number of hydrogen-bond acceptors (Lipinski definition) is 4. The average molecular weight is 369 g/mol. The van der Waals surface area contributed by atoms with Gasteiger partial charge in [-0.3, -0.25) is 0 Å². The Morgan fingerprint density at radius 3 is 2.67 bits per heavy atom. The fourth-order valence-corrected chi connectivity index (χ4v) is 4.40. The van der Waals surface area contributed by atoms with Crippen molar-refractivity contribution in [3.8, 4) is 0 Å². The lowest BCUT2D eigenvalue weighted by Gasteiger charge is -2.05. The van der Waals surface area contributed by atoms with E-state index in [-0.39, 0.29) is 12.4 Å². The molecule has 0 saturated carbocycles. The molecule has 0 aliphatic carbocycles. The summed E-state index contributed by atoms with van der Waals surface area (Å²) in [6, 6.07) is 7.03. The van der Waals surface area contributed by atoms with Crippen molar-refractivity contribution >= 4 is 55.5 Å². The van der Waals surface area contributed by atoms with E-state index in [0.29, 0.717) is 22.3 Å². The normalized spacial score (nSPS) is 11.5. The van der Waals surface area contributed by atoms with E-state index in [9.17, 15) is 8.42 Å². The van der Waals surface area contributed by atoms with Crippen LogP contribution in [0.15, 0.2) is 28.5 Å². The van der Waals surface area contributed by atoms with Crippen LogP contribution in [0, 0.1) is 0 Å². The van der Waals surface area contributed by atoms with E-state index in [2.05, 4.69) is 17.0 Å². The molecule has 0 radical (unpaired) electrons. The number of halogens is 2. The highest BCUT2D eigenvalue weighted by molar-refractivity contribution is 7.91. The summed E-state index contributed by atoms with van der Waals surface area (Å²) in [5, 5.41) is 4.61. The van der Waals surface area contributed by atoms with Gasteiger partial charge in [0.15, 0.2) is 0 Å². The molecule has 0 amide bonds. The Morgan fingerprint density at radius 1 is 1.19 bits per heavy atom. The smallest absolute Gasteiger partial charge is 0.250 e. The van der Waals surface area contributed by atoms with Gasteiger partial charge in [-0.2, -0.15) is 0 Å². The van der Waals surface area contributed by atoms with Crippen LogP contribution in [0.5, 0.6) is 0 Å². The number of nitrogens with one attached hydrogen (secondary N) is 2. The molecule has 4 nitrogen and oxygen atoms in total. The van der Waals surface area contributed by atoms with Gasteiger partial charge in [0.25, 0.3) is 0 Å². The molecule has 0 bridgehead atoms. The van der Waals surface area contributed by atoms with E-state index in [1.807, 2.05) is 6.07 Å². The number of rotatable bonds is 7. The summed E-state index contributed by atoms with van der Waals surface area (Å²) in [5.74, 6) is 0. The molecule has 0 aliphatic heterocycles. The van der Waals surface area contributed by atoms with E-state index in [4.69, 9.17) is 11.6 Å². The molecule has 1 heterocycles. The minimum Gasteiger partial charge on any atom is -0.315 e. The van der Waals surface area contributed by atoms with E-state index in [1.165, 1.54) is 11.3 Å². The summed E-state index contributed by atoms with van der Waals surface area (Å²) in [6.45, 7) is 3.98. The molecule has 0 aliphatic rings. The fourth-order valence-electron chi connectivity index (χ4n) is 1.77.